The molecule has 0 saturated heterocycles. The van der Waals surface area contributed by atoms with Crippen molar-refractivity contribution in [3.8, 4) is 23.1 Å². The minimum absolute atomic E-state index is 0.0424. The van der Waals surface area contributed by atoms with Gasteiger partial charge in [0.25, 0.3) is 10.0 Å². The van der Waals surface area contributed by atoms with Crippen LogP contribution in [0, 0.1) is 18.3 Å². The van der Waals surface area contributed by atoms with E-state index in [1.165, 1.54) is 12.1 Å². The molecule has 0 bridgehead atoms. The third kappa shape index (κ3) is 2.97. The van der Waals surface area contributed by atoms with Gasteiger partial charge in [0.05, 0.1) is 12.0 Å². The molecule has 7 nitrogen and oxygen atoms in total. The molecule has 0 fully saturated rings. The Morgan fingerprint density at radius 3 is 2.28 bits per heavy atom. The van der Waals surface area contributed by atoms with E-state index in [4.69, 9.17) is 4.74 Å². The summed E-state index contributed by atoms with van der Waals surface area (Å²) in [4.78, 5) is 0.0424. The summed E-state index contributed by atoms with van der Waals surface area (Å²) in [6.45, 7) is 1.86. The average Bonchev–Trinajstić information content (AvgIpc) is 3.07. The van der Waals surface area contributed by atoms with Crippen LogP contribution in [0.15, 0.2) is 53.4 Å². The number of methoxy groups -OCH3 is 1. The molecule has 8 heteroatoms. The van der Waals surface area contributed by atoms with E-state index in [0.717, 1.165) is 5.56 Å². The molecule has 0 saturated carbocycles. The highest BCUT2D eigenvalue weighted by atomic mass is 32.2. The van der Waals surface area contributed by atoms with Gasteiger partial charge in [-0.05, 0) is 48.5 Å². The lowest BCUT2D eigenvalue weighted by Crippen LogP contribution is -2.16. The zero-order valence-electron chi connectivity index (χ0n) is 13.5. The van der Waals surface area contributed by atoms with Crippen molar-refractivity contribution in [2.75, 3.05) is 7.11 Å². The monoisotopic (exact) mass is 354 g/mol. The lowest BCUT2D eigenvalue weighted by Gasteiger charge is -2.05. The summed E-state index contributed by atoms with van der Waals surface area (Å²) < 4.78 is 31.3. The second-order valence-electron chi connectivity index (χ2n) is 5.29. The molecule has 0 N–H and O–H groups in total. The summed E-state index contributed by atoms with van der Waals surface area (Å²) in [6.07, 6.45) is 0. The highest BCUT2D eigenvalue weighted by Gasteiger charge is 2.25. The van der Waals surface area contributed by atoms with Crippen LogP contribution in [0.2, 0.25) is 0 Å². The Morgan fingerprint density at radius 2 is 1.72 bits per heavy atom. The van der Waals surface area contributed by atoms with Gasteiger partial charge < -0.3 is 4.74 Å². The molecular weight excluding hydrogens is 340 g/mol. The van der Waals surface area contributed by atoms with E-state index in [0.29, 0.717) is 15.4 Å². The van der Waals surface area contributed by atoms with Gasteiger partial charge in [-0.1, -0.05) is 17.7 Å². The summed E-state index contributed by atoms with van der Waals surface area (Å²) >= 11 is 0. The first-order valence-corrected chi connectivity index (χ1v) is 8.74. The molecular formula is C17H14N4O3S. The zero-order chi connectivity index (χ0) is 18.0. The average molecular weight is 354 g/mol. The Labute approximate surface area is 145 Å². The van der Waals surface area contributed by atoms with E-state index in [-0.39, 0.29) is 16.3 Å². The van der Waals surface area contributed by atoms with E-state index in [2.05, 4.69) is 10.3 Å². The second-order valence-corrected chi connectivity index (χ2v) is 7.06. The van der Waals surface area contributed by atoms with E-state index in [9.17, 15) is 13.7 Å². The highest BCUT2D eigenvalue weighted by Crippen LogP contribution is 2.25. The number of nitrogens with zero attached hydrogens (tertiary/aromatic N) is 4. The molecule has 1 heterocycles. The van der Waals surface area contributed by atoms with Crippen LogP contribution in [0.4, 0.5) is 0 Å². The summed E-state index contributed by atoms with van der Waals surface area (Å²) in [5, 5.41) is 17.1. The summed E-state index contributed by atoms with van der Waals surface area (Å²) in [5.41, 5.74) is 1.55. The van der Waals surface area contributed by atoms with Crippen LogP contribution in [-0.2, 0) is 10.0 Å². The van der Waals surface area contributed by atoms with Gasteiger partial charge >= 0.3 is 0 Å². The largest absolute Gasteiger partial charge is 0.497 e. The van der Waals surface area contributed by atoms with Crippen LogP contribution in [-0.4, -0.2) is 29.9 Å². The molecule has 0 aliphatic rings. The quantitative estimate of drug-likeness (QED) is 0.713. The molecule has 3 aromatic rings. The zero-order valence-corrected chi connectivity index (χ0v) is 14.4. The molecule has 0 unspecified atom stereocenters. The Bertz CT molecular complexity index is 1050. The van der Waals surface area contributed by atoms with Crippen LogP contribution in [0.25, 0.3) is 11.3 Å². The van der Waals surface area contributed by atoms with Crippen molar-refractivity contribution in [2.24, 2.45) is 0 Å². The number of ether oxygens (including phenoxy) is 1. The maximum Gasteiger partial charge on any atom is 0.285 e. The fraction of sp³-hybridized carbons (Fsp3) is 0.118. The maximum atomic E-state index is 12.8. The van der Waals surface area contributed by atoms with Crippen molar-refractivity contribution in [3.05, 3.63) is 59.8 Å². The predicted octanol–water partition coefficient (Wildman–Crippen LogP) is 2.37. The van der Waals surface area contributed by atoms with Crippen LogP contribution in [0.1, 0.15) is 11.3 Å². The summed E-state index contributed by atoms with van der Waals surface area (Å²) in [5.74, 6) is 0.641. The number of aromatic nitrogens is 3. The molecule has 0 radical (unpaired) electrons. The van der Waals surface area contributed by atoms with Crippen molar-refractivity contribution in [2.45, 2.75) is 11.8 Å². The lowest BCUT2D eigenvalue weighted by molar-refractivity contribution is 0.415. The fourth-order valence-electron chi connectivity index (χ4n) is 2.29. The molecule has 0 atom stereocenters. The summed E-state index contributed by atoms with van der Waals surface area (Å²) in [7, 11) is -2.46. The molecule has 1 aromatic heterocycles. The first-order chi connectivity index (χ1) is 12.0. The first-order valence-electron chi connectivity index (χ1n) is 7.30. The van der Waals surface area contributed by atoms with Crippen molar-refractivity contribution in [1.29, 1.82) is 5.26 Å². The Balaban J connectivity index is 2.11. The third-order valence-electron chi connectivity index (χ3n) is 3.66. The molecule has 25 heavy (non-hydrogen) atoms. The molecule has 126 valence electrons. The Hall–Kier alpha value is -3.18. The molecule has 0 spiro atoms. The number of aryl methyl sites for hydroxylation is 1. The Kier molecular flexibility index (Phi) is 4.25. The number of hydrogen-bond donors (Lipinski definition) is 0. The van der Waals surface area contributed by atoms with Gasteiger partial charge in [-0.2, -0.15) is 13.7 Å². The van der Waals surface area contributed by atoms with E-state index >= 15 is 0 Å². The third-order valence-corrected chi connectivity index (χ3v) is 5.24. The molecule has 0 amide bonds. The molecule has 0 aliphatic heterocycles. The maximum absolute atomic E-state index is 12.8. The minimum atomic E-state index is -4.00. The summed E-state index contributed by atoms with van der Waals surface area (Å²) in [6, 6.07) is 15.0. The highest BCUT2D eigenvalue weighted by molar-refractivity contribution is 7.89. The topological polar surface area (TPSA) is 97.9 Å². The van der Waals surface area contributed by atoms with Gasteiger partial charge in [-0.3, -0.25) is 0 Å². The van der Waals surface area contributed by atoms with Gasteiger partial charge in [0.1, 0.15) is 17.5 Å². The van der Waals surface area contributed by atoms with Gasteiger partial charge in [-0.15, -0.1) is 9.19 Å². The number of benzene rings is 2. The molecule has 3 rings (SSSR count). The van der Waals surface area contributed by atoms with Crippen LogP contribution in [0.3, 0.4) is 0 Å². The van der Waals surface area contributed by atoms with Crippen molar-refractivity contribution >= 4 is 10.0 Å². The lowest BCUT2D eigenvalue weighted by atomic mass is 10.1. The second kappa shape index (κ2) is 6.37. The van der Waals surface area contributed by atoms with Crippen LogP contribution < -0.4 is 4.74 Å². The normalized spacial score (nSPS) is 11.1. The van der Waals surface area contributed by atoms with E-state index in [1.54, 1.807) is 43.5 Å². The molecule has 2 aromatic carbocycles. The van der Waals surface area contributed by atoms with Gasteiger partial charge in [0.15, 0.2) is 5.69 Å². The number of hydrogen-bond acceptors (Lipinski definition) is 6. The van der Waals surface area contributed by atoms with E-state index < -0.39 is 10.0 Å². The minimum Gasteiger partial charge on any atom is -0.497 e. The van der Waals surface area contributed by atoms with Crippen LogP contribution in [0.5, 0.6) is 5.75 Å². The van der Waals surface area contributed by atoms with Crippen molar-refractivity contribution in [1.82, 2.24) is 14.4 Å². The smallest absolute Gasteiger partial charge is 0.285 e. The predicted molar refractivity (Wildman–Crippen MR) is 90.5 cm³/mol. The number of rotatable bonds is 4. The standard InChI is InChI=1S/C17H14N4O3S/c1-12-3-9-15(10-4-12)25(22,23)21-16(11-18)17(19-20-21)13-5-7-14(24-2)8-6-13/h3-10H,1-2H3. The van der Waals surface area contributed by atoms with E-state index in [1.807, 2.05) is 13.0 Å². The van der Waals surface area contributed by atoms with Gasteiger partial charge in [-0.25, -0.2) is 0 Å². The Morgan fingerprint density at radius 1 is 1.08 bits per heavy atom. The SMILES string of the molecule is COc1ccc(-c2nnn(S(=O)(=O)c3ccc(C)cc3)c2C#N)cc1. The molecule has 0 aliphatic carbocycles. The first kappa shape index (κ1) is 16.7. The van der Waals surface area contributed by atoms with Gasteiger partial charge in [0.2, 0.25) is 0 Å². The van der Waals surface area contributed by atoms with Gasteiger partial charge in [0, 0.05) is 5.56 Å². The fourth-order valence-corrected chi connectivity index (χ4v) is 3.47. The number of nitriles is 1. The van der Waals surface area contributed by atoms with Crippen molar-refractivity contribution < 1.29 is 13.2 Å². The van der Waals surface area contributed by atoms with Crippen LogP contribution >= 0.6 is 0 Å². The van der Waals surface area contributed by atoms with Crippen molar-refractivity contribution in [3.63, 3.8) is 0 Å².